The fourth-order valence-electron chi connectivity index (χ4n) is 1.81. The Kier molecular flexibility index (Phi) is 3.74. The lowest BCUT2D eigenvalue weighted by Crippen LogP contribution is -2.17. The summed E-state index contributed by atoms with van der Waals surface area (Å²) in [6.07, 6.45) is 4.23. The second kappa shape index (κ2) is 5.27. The first-order chi connectivity index (χ1) is 7.79. The van der Waals surface area contributed by atoms with Crippen molar-refractivity contribution in [1.82, 2.24) is 4.98 Å². The van der Waals surface area contributed by atoms with Crippen LogP contribution in [0.25, 0.3) is 0 Å². The van der Waals surface area contributed by atoms with Crippen LogP contribution in [0.5, 0.6) is 5.75 Å². The number of ether oxygens (including phenoxy) is 2. The molecule has 1 aromatic rings. The number of aryl methyl sites for hydroxylation is 1. The lowest BCUT2D eigenvalue weighted by molar-refractivity contribution is 0.0676. The van der Waals surface area contributed by atoms with Crippen molar-refractivity contribution in [3.05, 3.63) is 23.5 Å². The minimum atomic E-state index is 0.235. The van der Waals surface area contributed by atoms with Crippen LogP contribution >= 0.6 is 0 Å². The molecule has 2 rings (SSSR count). The standard InChI is InChI=1S/C12H18N2O2/c1-9-5-12(10(6-13)7-14-9)16-8-11-3-2-4-15-11/h5,7,11H,2-4,6,8,13H2,1H3. The van der Waals surface area contributed by atoms with Gasteiger partial charge in [0.25, 0.3) is 0 Å². The van der Waals surface area contributed by atoms with Gasteiger partial charge in [0, 0.05) is 36.7 Å². The minimum Gasteiger partial charge on any atom is -0.490 e. The Morgan fingerprint density at radius 1 is 1.62 bits per heavy atom. The van der Waals surface area contributed by atoms with E-state index in [0.717, 1.165) is 36.5 Å². The highest BCUT2D eigenvalue weighted by Gasteiger charge is 2.16. The zero-order chi connectivity index (χ0) is 11.4. The summed E-state index contributed by atoms with van der Waals surface area (Å²) in [5, 5.41) is 0. The Bertz CT molecular complexity index is 349. The van der Waals surface area contributed by atoms with Gasteiger partial charge in [-0.25, -0.2) is 0 Å². The summed E-state index contributed by atoms with van der Waals surface area (Å²) in [5.41, 5.74) is 7.52. The molecule has 0 bridgehead atoms. The van der Waals surface area contributed by atoms with Crippen molar-refractivity contribution in [2.24, 2.45) is 5.73 Å². The molecule has 0 saturated carbocycles. The zero-order valence-corrected chi connectivity index (χ0v) is 9.61. The molecule has 4 heteroatoms. The van der Waals surface area contributed by atoms with Crippen molar-refractivity contribution in [2.45, 2.75) is 32.4 Å². The van der Waals surface area contributed by atoms with Gasteiger partial charge in [0.2, 0.25) is 0 Å². The van der Waals surface area contributed by atoms with Crippen LogP contribution in [0.3, 0.4) is 0 Å². The number of aromatic nitrogens is 1. The summed E-state index contributed by atoms with van der Waals surface area (Å²) in [5.74, 6) is 0.838. The van der Waals surface area contributed by atoms with E-state index >= 15 is 0 Å². The van der Waals surface area contributed by atoms with Crippen molar-refractivity contribution < 1.29 is 9.47 Å². The zero-order valence-electron chi connectivity index (χ0n) is 9.61. The van der Waals surface area contributed by atoms with E-state index < -0.39 is 0 Å². The predicted octanol–water partition coefficient (Wildman–Crippen LogP) is 1.41. The average Bonchev–Trinajstić information content (AvgIpc) is 2.79. The van der Waals surface area contributed by atoms with E-state index in [0.29, 0.717) is 13.2 Å². The molecule has 88 valence electrons. The molecule has 1 unspecified atom stereocenters. The predicted molar refractivity (Wildman–Crippen MR) is 61.3 cm³/mol. The molecular formula is C12H18N2O2. The minimum absolute atomic E-state index is 0.235. The normalized spacial score (nSPS) is 20.0. The fourth-order valence-corrected chi connectivity index (χ4v) is 1.81. The highest BCUT2D eigenvalue weighted by Crippen LogP contribution is 2.20. The van der Waals surface area contributed by atoms with Crippen LogP contribution < -0.4 is 10.5 Å². The van der Waals surface area contributed by atoms with E-state index in [1.807, 2.05) is 13.0 Å². The number of nitrogens with two attached hydrogens (primary N) is 1. The van der Waals surface area contributed by atoms with Gasteiger partial charge < -0.3 is 15.2 Å². The molecule has 2 N–H and O–H groups in total. The van der Waals surface area contributed by atoms with Gasteiger partial charge in [-0.3, -0.25) is 4.98 Å². The molecule has 1 atom stereocenters. The molecule has 0 aromatic carbocycles. The van der Waals surface area contributed by atoms with Gasteiger partial charge in [-0.05, 0) is 19.8 Å². The first-order valence-electron chi connectivity index (χ1n) is 5.69. The molecule has 0 spiro atoms. The maximum absolute atomic E-state index is 5.75. The Hall–Kier alpha value is -1.13. The molecular weight excluding hydrogens is 204 g/mol. The highest BCUT2D eigenvalue weighted by molar-refractivity contribution is 5.32. The maximum atomic E-state index is 5.75. The van der Waals surface area contributed by atoms with Crippen LogP contribution in [0.2, 0.25) is 0 Å². The molecule has 16 heavy (non-hydrogen) atoms. The number of rotatable bonds is 4. The van der Waals surface area contributed by atoms with E-state index in [2.05, 4.69) is 4.98 Å². The molecule has 1 aliphatic rings. The first-order valence-corrected chi connectivity index (χ1v) is 5.69. The van der Waals surface area contributed by atoms with Gasteiger partial charge in [-0.1, -0.05) is 0 Å². The molecule has 0 aliphatic carbocycles. The van der Waals surface area contributed by atoms with Crippen LogP contribution in [-0.4, -0.2) is 24.3 Å². The smallest absolute Gasteiger partial charge is 0.127 e. The Morgan fingerprint density at radius 3 is 3.19 bits per heavy atom. The molecule has 1 aliphatic heterocycles. The molecule has 1 saturated heterocycles. The molecule has 4 nitrogen and oxygen atoms in total. The van der Waals surface area contributed by atoms with Crippen LogP contribution in [-0.2, 0) is 11.3 Å². The van der Waals surface area contributed by atoms with Gasteiger partial charge in [-0.2, -0.15) is 0 Å². The van der Waals surface area contributed by atoms with Gasteiger partial charge in [-0.15, -0.1) is 0 Å². The second-order valence-electron chi connectivity index (χ2n) is 4.08. The van der Waals surface area contributed by atoms with Crippen molar-refractivity contribution in [1.29, 1.82) is 0 Å². The third-order valence-electron chi connectivity index (χ3n) is 2.75. The lowest BCUT2D eigenvalue weighted by Gasteiger charge is -2.14. The third-order valence-corrected chi connectivity index (χ3v) is 2.75. The van der Waals surface area contributed by atoms with E-state index in [1.54, 1.807) is 6.20 Å². The third kappa shape index (κ3) is 2.71. The van der Waals surface area contributed by atoms with Crippen molar-refractivity contribution in [2.75, 3.05) is 13.2 Å². The van der Waals surface area contributed by atoms with Gasteiger partial charge in [0.15, 0.2) is 0 Å². The molecule has 0 radical (unpaired) electrons. The van der Waals surface area contributed by atoms with Crippen molar-refractivity contribution in [3.63, 3.8) is 0 Å². The maximum Gasteiger partial charge on any atom is 0.127 e. The van der Waals surface area contributed by atoms with Crippen molar-refractivity contribution in [3.8, 4) is 5.75 Å². The fraction of sp³-hybridized carbons (Fsp3) is 0.583. The second-order valence-corrected chi connectivity index (χ2v) is 4.08. The highest BCUT2D eigenvalue weighted by atomic mass is 16.5. The van der Waals surface area contributed by atoms with Crippen LogP contribution in [0.1, 0.15) is 24.1 Å². The topological polar surface area (TPSA) is 57.4 Å². The number of pyridine rings is 1. The molecule has 0 amide bonds. The van der Waals surface area contributed by atoms with Crippen LogP contribution in [0, 0.1) is 6.92 Å². The van der Waals surface area contributed by atoms with E-state index in [1.165, 1.54) is 0 Å². The van der Waals surface area contributed by atoms with Gasteiger partial charge >= 0.3 is 0 Å². The van der Waals surface area contributed by atoms with E-state index in [-0.39, 0.29) is 6.10 Å². The lowest BCUT2D eigenvalue weighted by atomic mass is 10.2. The molecule has 1 fully saturated rings. The monoisotopic (exact) mass is 222 g/mol. The largest absolute Gasteiger partial charge is 0.490 e. The van der Waals surface area contributed by atoms with E-state index in [4.69, 9.17) is 15.2 Å². The number of hydrogen-bond acceptors (Lipinski definition) is 4. The number of nitrogens with zero attached hydrogens (tertiary/aromatic N) is 1. The van der Waals surface area contributed by atoms with Gasteiger partial charge in [0.05, 0.1) is 6.10 Å². The SMILES string of the molecule is Cc1cc(OCC2CCCO2)c(CN)cn1. The quantitative estimate of drug-likeness (QED) is 0.836. The Morgan fingerprint density at radius 2 is 2.50 bits per heavy atom. The van der Waals surface area contributed by atoms with Crippen LogP contribution in [0.4, 0.5) is 0 Å². The Balaban J connectivity index is 1.98. The summed E-state index contributed by atoms with van der Waals surface area (Å²) in [6, 6.07) is 1.93. The summed E-state index contributed by atoms with van der Waals surface area (Å²) < 4.78 is 11.3. The summed E-state index contributed by atoms with van der Waals surface area (Å²) in [7, 11) is 0. The average molecular weight is 222 g/mol. The summed E-state index contributed by atoms with van der Waals surface area (Å²) in [6.45, 7) is 3.86. The molecule has 2 heterocycles. The van der Waals surface area contributed by atoms with Crippen LogP contribution in [0.15, 0.2) is 12.3 Å². The summed E-state index contributed by atoms with van der Waals surface area (Å²) in [4.78, 5) is 4.20. The number of hydrogen-bond donors (Lipinski definition) is 1. The summed E-state index contributed by atoms with van der Waals surface area (Å²) >= 11 is 0. The first kappa shape index (κ1) is 11.4. The Labute approximate surface area is 95.8 Å². The van der Waals surface area contributed by atoms with Gasteiger partial charge in [0.1, 0.15) is 12.4 Å². The van der Waals surface area contributed by atoms with E-state index in [9.17, 15) is 0 Å². The molecule has 1 aromatic heterocycles. The van der Waals surface area contributed by atoms with Crippen molar-refractivity contribution >= 4 is 0 Å².